The van der Waals surface area contributed by atoms with Crippen molar-refractivity contribution < 1.29 is 22.7 Å². The molecule has 4 heterocycles. The number of ether oxygens (including phenoxy) is 1. The van der Waals surface area contributed by atoms with Crippen molar-refractivity contribution in [3.05, 3.63) is 69.0 Å². The third kappa shape index (κ3) is 4.41. The lowest BCUT2D eigenvalue weighted by molar-refractivity contribution is -0.135. The van der Waals surface area contributed by atoms with E-state index in [0.717, 1.165) is 12.0 Å². The summed E-state index contributed by atoms with van der Waals surface area (Å²) in [5.41, 5.74) is 1.98. The molecule has 1 unspecified atom stereocenters. The summed E-state index contributed by atoms with van der Waals surface area (Å²) in [4.78, 5) is 30.6. The summed E-state index contributed by atoms with van der Waals surface area (Å²) in [7, 11) is 0. The Morgan fingerprint density at radius 1 is 1.22 bits per heavy atom. The molecular weight excluding hydrogens is 511 g/mol. The van der Waals surface area contributed by atoms with Crippen molar-refractivity contribution in [1.29, 1.82) is 0 Å². The summed E-state index contributed by atoms with van der Waals surface area (Å²) < 4.78 is 46.5. The highest BCUT2D eigenvalue weighted by atomic mass is 35.5. The molecule has 0 spiro atoms. The Balaban J connectivity index is 1.17. The summed E-state index contributed by atoms with van der Waals surface area (Å²) in [6.07, 6.45) is 2.10. The van der Waals surface area contributed by atoms with Gasteiger partial charge in [0.25, 0.3) is 11.5 Å². The van der Waals surface area contributed by atoms with Gasteiger partial charge in [-0.2, -0.15) is 5.10 Å². The van der Waals surface area contributed by atoms with Gasteiger partial charge in [-0.25, -0.2) is 28.0 Å². The van der Waals surface area contributed by atoms with Crippen LogP contribution in [-0.2, 0) is 6.42 Å². The maximum atomic E-state index is 15.1. The van der Waals surface area contributed by atoms with Gasteiger partial charge >= 0.3 is 6.03 Å². The second kappa shape index (κ2) is 8.76. The van der Waals surface area contributed by atoms with Crippen LogP contribution in [0.15, 0.2) is 41.3 Å². The lowest BCUT2D eigenvalue weighted by atomic mass is 9.91. The number of nitrogens with one attached hydrogen (secondary N) is 2. The van der Waals surface area contributed by atoms with Crippen LogP contribution in [0.25, 0.3) is 11.1 Å². The summed E-state index contributed by atoms with van der Waals surface area (Å²) >= 11 is 6.43. The molecule has 37 heavy (non-hydrogen) atoms. The van der Waals surface area contributed by atoms with Crippen LogP contribution in [0.2, 0.25) is 5.02 Å². The van der Waals surface area contributed by atoms with Crippen molar-refractivity contribution in [2.75, 3.05) is 5.32 Å². The molecule has 1 saturated carbocycles. The fraction of sp³-hybridized carbons (Fsp3) is 0.360. The number of H-pyrrole nitrogens is 1. The van der Waals surface area contributed by atoms with E-state index in [2.05, 4.69) is 20.5 Å². The van der Waals surface area contributed by atoms with Gasteiger partial charge < -0.3 is 15.0 Å². The van der Waals surface area contributed by atoms with Crippen LogP contribution in [0, 0.1) is 5.82 Å². The highest BCUT2D eigenvalue weighted by molar-refractivity contribution is 6.33. The SMILES string of the molecule is O=C(Nc1cc(Cl)c(-c2ccc(OC3CC(F)(F)C3)nc2)cc1F)N1C2CC[C@@H]1c1n[nH]c(=O)cc1C2. The van der Waals surface area contributed by atoms with Gasteiger partial charge in [0, 0.05) is 48.3 Å². The first kappa shape index (κ1) is 23.8. The minimum absolute atomic E-state index is 0.0720. The minimum Gasteiger partial charge on any atom is -0.474 e. The number of anilines is 1. The highest BCUT2D eigenvalue weighted by Crippen LogP contribution is 2.43. The number of rotatable bonds is 4. The number of carbonyl (C=O) groups is 1. The van der Waals surface area contributed by atoms with E-state index < -0.39 is 23.9 Å². The number of hydrogen-bond acceptors (Lipinski definition) is 5. The third-order valence-electron chi connectivity index (χ3n) is 7.11. The number of aromatic amines is 1. The van der Waals surface area contributed by atoms with E-state index in [1.54, 1.807) is 11.0 Å². The fourth-order valence-corrected chi connectivity index (χ4v) is 5.60. The molecule has 2 amide bonds. The zero-order chi connectivity index (χ0) is 25.9. The number of pyridine rings is 1. The Hall–Kier alpha value is -3.60. The molecule has 2 aromatic heterocycles. The van der Waals surface area contributed by atoms with E-state index in [0.29, 0.717) is 29.7 Å². The van der Waals surface area contributed by atoms with E-state index in [9.17, 15) is 18.4 Å². The van der Waals surface area contributed by atoms with E-state index in [1.807, 2.05) is 0 Å². The first-order valence-corrected chi connectivity index (χ1v) is 12.2. The zero-order valence-corrected chi connectivity index (χ0v) is 20.1. The van der Waals surface area contributed by atoms with Gasteiger partial charge in [0.2, 0.25) is 5.88 Å². The second-order valence-corrected chi connectivity index (χ2v) is 10.0. The summed E-state index contributed by atoms with van der Waals surface area (Å²) in [5.74, 6) is -3.18. The van der Waals surface area contributed by atoms with Crippen molar-refractivity contribution >= 4 is 23.3 Å². The van der Waals surface area contributed by atoms with Crippen LogP contribution in [0.5, 0.6) is 5.88 Å². The topological polar surface area (TPSA) is 100 Å². The van der Waals surface area contributed by atoms with Gasteiger partial charge in [-0.3, -0.25) is 4.79 Å². The molecular formula is C25H21ClF3N5O3. The second-order valence-electron chi connectivity index (χ2n) is 9.63. The minimum atomic E-state index is -2.69. The highest BCUT2D eigenvalue weighted by Gasteiger charge is 2.47. The molecule has 12 heteroatoms. The largest absolute Gasteiger partial charge is 0.474 e. The van der Waals surface area contributed by atoms with Crippen LogP contribution in [-0.4, -0.2) is 44.2 Å². The molecule has 0 radical (unpaired) electrons. The number of alkyl halides is 2. The zero-order valence-electron chi connectivity index (χ0n) is 19.3. The average molecular weight is 532 g/mol. The smallest absolute Gasteiger partial charge is 0.322 e. The molecule has 1 aliphatic carbocycles. The Morgan fingerprint density at radius 2 is 2.03 bits per heavy atom. The van der Waals surface area contributed by atoms with Gasteiger partial charge in [0.15, 0.2) is 0 Å². The van der Waals surface area contributed by atoms with Crippen LogP contribution in [0.3, 0.4) is 0 Å². The van der Waals surface area contributed by atoms with E-state index in [-0.39, 0.29) is 47.1 Å². The molecule has 2 fully saturated rings. The molecule has 8 nitrogen and oxygen atoms in total. The molecule has 1 aromatic carbocycles. The van der Waals surface area contributed by atoms with E-state index in [1.165, 1.54) is 30.5 Å². The first-order chi connectivity index (χ1) is 17.7. The van der Waals surface area contributed by atoms with Gasteiger partial charge in [0.05, 0.1) is 22.4 Å². The normalized spacial score (nSPS) is 21.8. The third-order valence-corrected chi connectivity index (χ3v) is 7.43. The Labute approximate surface area is 213 Å². The van der Waals surface area contributed by atoms with Crippen LogP contribution < -0.4 is 15.6 Å². The van der Waals surface area contributed by atoms with Gasteiger partial charge in [0.1, 0.15) is 11.9 Å². The number of amides is 2. The maximum absolute atomic E-state index is 15.1. The number of benzene rings is 1. The monoisotopic (exact) mass is 531 g/mol. The van der Waals surface area contributed by atoms with E-state index >= 15 is 4.39 Å². The first-order valence-electron chi connectivity index (χ1n) is 11.8. The lowest BCUT2D eigenvalue weighted by Gasteiger charge is -2.35. The lowest BCUT2D eigenvalue weighted by Crippen LogP contribution is -2.45. The van der Waals surface area contributed by atoms with Crippen LogP contribution >= 0.6 is 11.6 Å². The molecule has 2 atom stereocenters. The summed E-state index contributed by atoms with van der Waals surface area (Å²) in [6, 6.07) is 6.28. The number of aromatic nitrogens is 3. The molecule has 192 valence electrons. The standard InChI is InChI=1S/C25H21ClF3N5O3/c26-17-8-19(31-24(36)34-14-2-3-20(34)23-13(5-14)6-21(35)32-33-23)18(27)7-16(17)12-1-4-22(30-11-12)37-15-9-25(28,29)10-15/h1,4,6-8,11,14-15,20H,2-3,5,9-10H2,(H,31,36)(H,32,35)/t14?,20-/m1/s1. The fourth-order valence-electron chi connectivity index (χ4n) is 5.33. The number of hydrogen-bond donors (Lipinski definition) is 2. The van der Waals surface area contributed by atoms with Crippen LogP contribution in [0.4, 0.5) is 23.7 Å². The molecule has 3 aliphatic rings. The molecule has 2 bridgehead atoms. The predicted molar refractivity (Wildman–Crippen MR) is 128 cm³/mol. The quantitative estimate of drug-likeness (QED) is 0.488. The van der Waals surface area contributed by atoms with Gasteiger partial charge in [-0.1, -0.05) is 11.6 Å². The number of urea groups is 1. The maximum Gasteiger partial charge on any atom is 0.322 e. The number of nitrogens with zero attached hydrogens (tertiary/aromatic N) is 3. The number of fused-ring (bicyclic) bond motifs is 4. The van der Waals surface area contributed by atoms with Gasteiger partial charge in [-0.05, 0) is 43.0 Å². The Bertz CT molecular complexity index is 1440. The predicted octanol–water partition coefficient (Wildman–Crippen LogP) is 5.09. The summed E-state index contributed by atoms with van der Waals surface area (Å²) in [5, 5.41) is 9.39. The Morgan fingerprint density at radius 3 is 2.76 bits per heavy atom. The van der Waals surface area contributed by atoms with Gasteiger partial charge in [-0.15, -0.1) is 0 Å². The van der Waals surface area contributed by atoms with Crippen molar-refractivity contribution in [1.82, 2.24) is 20.1 Å². The molecule has 2 aliphatic heterocycles. The Kier molecular flexibility index (Phi) is 5.63. The van der Waals surface area contributed by atoms with Crippen molar-refractivity contribution in [2.45, 2.75) is 56.2 Å². The summed E-state index contributed by atoms with van der Waals surface area (Å²) in [6.45, 7) is 0. The van der Waals surface area contributed by atoms with E-state index in [4.69, 9.17) is 16.3 Å². The molecule has 6 rings (SSSR count). The molecule has 1 saturated heterocycles. The van der Waals surface area contributed by atoms with Crippen LogP contribution in [0.1, 0.15) is 43.0 Å². The molecule has 2 N–H and O–H groups in total. The van der Waals surface area contributed by atoms with Crippen molar-refractivity contribution in [2.24, 2.45) is 0 Å². The van der Waals surface area contributed by atoms with Crippen molar-refractivity contribution in [3.8, 4) is 17.0 Å². The number of halogens is 4. The number of carbonyl (C=O) groups excluding carboxylic acids is 1. The molecule has 3 aromatic rings. The van der Waals surface area contributed by atoms with Crippen molar-refractivity contribution in [3.63, 3.8) is 0 Å². The average Bonchev–Trinajstić information content (AvgIpc) is 3.15.